The SMILES string of the molecule is COc1cccc(N(C)C2CCOC2C)c1C(C)N. The lowest BCUT2D eigenvalue weighted by atomic mass is 10.0. The van der Waals surface area contributed by atoms with Crippen LogP contribution in [-0.4, -0.2) is 32.9 Å². The molecule has 0 saturated carbocycles. The highest BCUT2D eigenvalue weighted by Crippen LogP contribution is 2.35. The largest absolute Gasteiger partial charge is 0.496 e. The summed E-state index contributed by atoms with van der Waals surface area (Å²) in [5, 5.41) is 0. The molecule has 3 unspecified atom stereocenters. The van der Waals surface area contributed by atoms with Gasteiger partial charge in [0.1, 0.15) is 5.75 Å². The predicted octanol–water partition coefficient (Wildman–Crippen LogP) is 2.33. The molecule has 2 rings (SSSR count). The van der Waals surface area contributed by atoms with E-state index in [1.165, 1.54) is 0 Å². The van der Waals surface area contributed by atoms with E-state index in [0.29, 0.717) is 6.04 Å². The van der Waals surface area contributed by atoms with Gasteiger partial charge in [-0.1, -0.05) is 6.07 Å². The van der Waals surface area contributed by atoms with Crippen LogP contribution in [0.1, 0.15) is 31.9 Å². The number of methoxy groups -OCH3 is 1. The van der Waals surface area contributed by atoms with Crippen molar-refractivity contribution in [1.82, 2.24) is 0 Å². The van der Waals surface area contributed by atoms with E-state index in [2.05, 4.69) is 24.9 Å². The van der Waals surface area contributed by atoms with E-state index in [0.717, 1.165) is 30.0 Å². The van der Waals surface area contributed by atoms with E-state index in [9.17, 15) is 0 Å². The molecule has 1 fully saturated rings. The number of ether oxygens (including phenoxy) is 2. The normalized spacial score (nSPS) is 24.3. The number of rotatable bonds is 4. The minimum atomic E-state index is -0.0637. The topological polar surface area (TPSA) is 47.7 Å². The average molecular weight is 264 g/mol. The Morgan fingerprint density at radius 3 is 2.74 bits per heavy atom. The molecule has 4 nitrogen and oxygen atoms in total. The number of hydrogen-bond donors (Lipinski definition) is 1. The third-order valence-corrected chi connectivity index (χ3v) is 3.93. The van der Waals surface area contributed by atoms with E-state index in [1.807, 2.05) is 19.1 Å². The van der Waals surface area contributed by atoms with Crippen molar-refractivity contribution in [2.45, 2.75) is 38.5 Å². The molecule has 0 radical (unpaired) electrons. The number of nitrogens with zero attached hydrogens (tertiary/aromatic N) is 1. The Morgan fingerprint density at radius 2 is 2.21 bits per heavy atom. The van der Waals surface area contributed by atoms with E-state index in [1.54, 1.807) is 7.11 Å². The predicted molar refractivity (Wildman–Crippen MR) is 77.8 cm³/mol. The van der Waals surface area contributed by atoms with Gasteiger partial charge in [-0.3, -0.25) is 0 Å². The first-order chi connectivity index (χ1) is 9.06. The van der Waals surface area contributed by atoms with Crippen molar-refractivity contribution in [2.75, 3.05) is 25.7 Å². The summed E-state index contributed by atoms with van der Waals surface area (Å²) >= 11 is 0. The van der Waals surface area contributed by atoms with Gasteiger partial charge < -0.3 is 20.1 Å². The van der Waals surface area contributed by atoms with Crippen molar-refractivity contribution in [2.24, 2.45) is 5.73 Å². The van der Waals surface area contributed by atoms with Crippen LogP contribution in [0.5, 0.6) is 5.75 Å². The molecule has 0 aliphatic carbocycles. The minimum Gasteiger partial charge on any atom is -0.496 e. The van der Waals surface area contributed by atoms with E-state index >= 15 is 0 Å². The molecule has 1 saturated heterocycles. The summed E-state index contributed by atoms with van der Waals surface area (Å²) < 4.78 is 11.1. The quantitative estimate of drug-likeness (QED) is 0.906. The third kappa shape index (κ3) is 2.69. The van der Waals surface area contributed by atoms with Crippen LogP contribution in [0.15, 0.2) is 18.2 Å². The van der Waals surface area contributed by atoms with Gasteiger partial charge in [0, 0.05) is 30.9 Å². The van der Waals surface area contributed by atoms with Crippen molar-refractivity contribution in [3.8, 4) is 5.75 Å². The number of nitrogens with two attached hydrogens (primary N) is 1. The molecule has 1 aliphatic rings. The van der Waals surface area contributed by atoms with Crippen LogP contribution in [0, 0.1) is 0 Å². The molecular formula is C15H24N2O2. The first-order valence-electron chi connectivity index (χ1n) is 6.83. The van der Waals surface area contributed by atoms with Crippen molar-refractivity contribution < 1.29 is 9.47 Å². The van der Waals surface area contributed by atoms with Crippen molar-refractivity contribution in [3.63, 3.8) is 0 Å². The summed E-state index contributed by atoms with van der Waals surface area (Å²) in [5.41, 5.74) is 8.32. The maximum Gasteiger partial charge on any atom is 0.125 e. The van der Waals surface area contributed by atoms with Crippen LogP contribution >= 0.6 is 0 Å². The lowest BCUT2D eigenvalue weighted by molar-refractivity contribution is 0.118. The van der Waals surface area contributed by atoms with Gasteiger partial charge in [-0.25, -0.2) is 0 Å². The molecule has 19 heavy (non-hydrogen) atoms. The maximum absolute atomic E-state index is 6.12. The van der Waals surface area contributed by atoms with Gasteiger partial charge in [0.2, 0.25) is 0 Å². The third-order valence-electron chi connectivity index (χ3n) is 3.93. The molecule has 0 spiro atoms. The van der Waals surface area contributed by atoms with Gasteiger partial charge in [0.15, 0.2) is 0 Å². The zero-order valence-electron chi connectivity index (χ0n) is 12.2. The van der Waals surface area contributed by atoms with Gasteiger partial charge in [-0.15, -0.1) is 0 Å². The molecule has 1 aromatic rings. The highest BCUT2D eigenvalue weighted by molar-refractivity contribution is 5.61. The standard InChI is InChI=1S/C15H24N2O2/c1-10(16)15-13(6-5-7-14(15)18-4)17(3)12-8-9-19-11(12)2/h5-7,10-12H,8-9,16H2,1-4H3. The van der Waals surface area contributed by atoms with Gasteiger partial charge >= 0.3 is 0 Å². The molecule has 1 heterocycles. The fourth-order valence-corrected chi connectivity index (χ4v) is 2.88. The second-order valence-corrected chi connectivity index (χ2v) is 5.22. The molecule has 1 aliphatic heterocycles. The highest BCUT2D eigenvalue weighted by atomic mass is 16.5. The highest BCUT2D eigenvalue weighted by Gasteiger charge is 2.30. The molecule has 0 aromatic heterocycles. The summed E-state index contributed by atoms with van der Waals surface area (Å²) in [6, 6.07) is 6.41. The monoisotopic (exact) mass is 264 g/mol. The average Bonchev–Trinajstić information content (AvgIpc) is 2.83. The number of likely N-dealkylation sites (N-methyl/N-ethyl adjacent to an activating group) is 1. The fourth-order valence-electron chi connectivity index (χ4n) is 2.88. The van der Waals surface area contributed by atoms with Gasteiger partial charge in [-0.2, -0.15) is 0 Å². The summed E-state index contributed by atoms with van der Waals surface area (Å²) in [6.07, 6.45) is 1.30. The second kappa shape index (κ2) is 5.80. The molecule has 106 valence electrons. The lowest BCUT2D eigenvalue weighted by Gasteiger charge is -2.32. The Balaban J connectivity index is 2.38. The maximum atomic E-state index is 6.12. The minimum absolute atomic E-state index is 0.0637. The van der Waals surface area contributed by atoms with E-state index in [-0.39, 0.29) is 12.1 Å². The fraction of sp³-hybridized carbons (Fsp3) is 0.600. The van der Waals surface area contributed by atoms with Crippen LogP contribution < -0.4 is 15.4 Å². The van der Waals surface area contributed by atoms with Crippen LogP contribution in [-0.2, 0) is 4.74 Å². The zero-order valence-corrected chi connectivity index (χ0v) is 12.2. The van der Waals surface area contributed by atoms with Crippen LogP contribution in [0.3, 0.4) is 0 Å². The first-order valence-corrected chi connectivity index (χ1v) is 6.83. The summed E-state index contributed by atoms with van der Waals surface area (Å²) in [7, 11) is 3.79. The Hall–Kier alpha value is -1.26. The van der Waals surface area contributed by atoms with Gasteiger partial charge in [-0.05, 0) is 32.4 Å². The molecular weight excluding hydrogens is 240 g/mol. The second-order valence-electron chi connectivity index (χ2n) is 5.22. The number of hydrogen-bond acceptors (Lipinski definition) is 4. The number of anilines is 1. The van der Waals surface area contributed by atoms with Crippen molar-refractivity contribution in [1.29, 1.82) is 0 Å². The van der Waals surface area contributed by atoms with Crippen LogP contribution in [0.2, 0.25) is 0 Å². The smallest absolute Gasteiger partial charge is 0.125 e. The van der Waals surface area contributed by atoms with Gasteiger partial charge in [0.25, 0.3) is 0 Å². The van der Waals surface area contributed by atoms with Crippen LogP contribution in [0.25, 0.3) is 0 Å². The molecule has 2 N–H and O–H groups in total. The van der Waals surface area contributed by atoms with Gasteiger partial charge in [0.05, 0.1) is 19.3 Å². The Morgan fingerprint density at radius 1 is 1.47 bits per heavy atom. The Labute approximate surface area is 115 Å². The summed E-state index contributed by atoms with van der Waals surface area (Å²) in [5.74, 6) is 0.853. The molecule has 0 bridgehead atoms. The summed E-state index contributed by atoms with van der Waals surface area (Å²) in [6.45, 7) is 4.94. The van der Waals surface area contributed by atoms with E-state index in [4.69, 9.17) is 15.2 Å². The molecule has 0 amide bonds. The Bertz CT molecular complexity index is 434. The van der Waals surface area contributed by atoms with E-state index < -0.39 is 0 Å². The molecule has 3 atom stereocenters. The molecule has 4 heteroatoms. The lowest BCUT2D eigenvalue weighted by Crippen LogP contribution is -2.37. The van der Waals surface area contributed by atoms with Crippen molar-refractivity contribution in [3.05, 3.63) is 23.8 Å². The van der Waals surface area contributed by atoms with Crippen molar-refractivity contribution >= 4 is 5.69 Å². The Kier molecular flexibility index (Phi) is 4.32. The van der Waals surface area contributed by atoms with Crippen LogP contribution in [0.4, 0.5) is 5.69 Å². The molecule has 1 aromatic carbocycles. The number of benzene rings is 1. The first kappa shape index (κ1) is 14.2. The summed E-state index contributed by atoms with van der Waals surface area (Å²) in [4.78, 5) is 2.28. The zero-order chi connectivity index (χ0) is 14.0.